The van der Waals surface area contributed by atoms with E-state index < -0.39 is 14.6 Å². The van der Waals surface area contributed by atoms with E-state index in [4.69, 9.17) is 9.73 Å². The number of morpholine rings is 1. The van der Waals surface area contributed by atoms with Gasteiger partial charge in [-0.3, -0.25) is 9.89 Å². The largest absolute Gasteiger partial charge is 0.373 e. The lowest BCUT2D eigenvalue weighted by molar-refractivity contribution is -0.0679. The Morgan fingerprint density at radius 2 is 1.92 bits per heavy atom. The van der Waals surface area contributed by atoms with Crippen molar-refractivity contribution >= 4 is 15.8 Å². The average Bonchev–Trinajstić information content (AvgIpc) is 2.52. The molecule has 0 radical (unpaired) electrons. The van der Waals surface area contributed by atoms with Gasteiger partial charge in [0.05, 0.1) is 22.7 Å². The van der Waals surface area contributed by atoms with Crippen molar-refractivity contribution in [2.24, 2.45) is 4.99 Å². The quantitative estimate of drug-likeness (QED) is 0.430. The molecule has 152 valence electrons. The molecular weight excluding hydrogens is 352 g/mol. The summed E-state index contributed by atoms with van der Waals surface area (Å²) in [7, 11) is -3.04. The van der Waals surface area contributed by atoms with Crippen molar-refractivity contribution in [1.29, 1.82) is 0 Å². The van der Waals surface area contributed by atoms with Crippen molar-refractivity contribution in [2.45, 2.75) is 58.0 Å². The third-order valence-corrected chi connectivity index (χ3v) is 7.60. The van der Waals surface area contributed by atoms with Crippen molar-refractivity contribution in [2.75, 3.05) is 51.6 Å². The van der Waals surface area contributed by atoms with E-state index in [0.717, 1.165) is 45.1 Å². The molecule has 2 atom stereocenters. The maximum Gasteiger partial charge on any atom is 0.193 e. The Kier molecular flexibility index (Phi) is 7.33. The van der Waals surface area contributed by atoms with Crippen LogP contribution in [0.25, 0.3) is 0 Å². The molecule has 2 unspecified atom stereocenters. The Morgan fingerprint density at radius 1 is 1.27 bits per heavy atom. The number of sulfone groups is 1. The normalized spacial score (nSPS) is 29.6. The minimum absolute atomic E-state index is 0.188. The Morgan fingerprint density at radius 3 is 2.50 bits per heavy atom. The number of aliphatic imine (C=N–C) groups is 1. The summed E-state index contributed by atoms with van der Waals surface area (Å²) >= 11 is 0. The highest BCUT2D eigenvalue weighted by Gasteiger charge is 2.40. The molecule has 0 spiro atoms. The van der Waals surface area contributed by atoms with Crippen LogP contribution in [0.3, 0.4) is 0 Å². The van der Waals surface area contributed by atoms with E-state index in [2.05, 4.69) is 29.0 Å². The smallest absolute Gasteiger partial charge is 0.193 e. The Hall–Kier alpha value is -0.860. The molecule has 0 aromatic heterocycles. The fourth-order valence-electron chi connectivity index (χ4n) is 3.70. The van der Waals surface area contributed by atoms with Gasteiger partial charge in [0.25, 0.3) is 0 Å². The molecule has 1 N–H and O–H groups in total. The zero-order valence-corrected chi connectivity index (χ0v) is 17.8. The Bertz CT molecular complexity index is 581. The Balaban J connectivity index is 1.89. The van der Waals surface area contributed by atoms with E-state index >= 15 is 0 Å². The van der Waals surface area contributed by atoms with Gasteiger partial charge in [-0.2, -0.15) is 0 Å². The monoisotopic (exact) mass is 388 g/mol. The predicted octanol–water partition coefficient (Wildman–Crippen LogP) is 0.960. The SMILES string of the molecule is CCNC(=NCCCN1CC(C)OC(C)C1)N1CCS(=O)(=O)C(C)(C)C1. The fourth-order valence-corrected chi connectivity index (χ4v) is 5.06. The van der Waals surface area contributed by atoms with Gasteiger partial charge in [0, 0.05) is 45.8 Å². The lowest BCUT2D eigenvalue weighted by Crippen LogP contribution is -2.57. The van der Waals surface area contributed by atoms with Gasteiger partial charge in [-0.15, -0.1) is 0 Å². The predicted molar refractivity (Wildman–Crippen MR) is 106 cm³/mol. The van der Waals surface area contributed by atoms with Crippen LogP contribution in [0.15, 0.2) is 4.99 Å². The number of rotatable bonds is 5. The zero-order chi connectivity index (χ0) is 19.4. The van der Waals surface area contributed by atoms with Gasteiger partial charge < -0.3 is 15.0 Å². The molecule has 0 saturated carbocycles. The van der Waals surface area contributed by atoms with Crippen LogP contribution in [0, 0.1) is 0 Å². The second-order valence-electron chi connectivity index (χ2n) is 8.11. The van der Waals surface area contributed by atoms with E-state index in [9.17, 15) is 8.42 Å². The van der Waals surface area contributed by atoms with E-state index in [-0.39, 0.29) is 18.0 Å². The van der Waals surface area contributed by atoms with Gasteiger partial charge in [0.2, 0.25) is 0 Å². The molecule has 0 bridgehead atoms. The molecule has 2 heterocycles. The van der Waals surface area contributed by atoms with Gasteiger partial charge >= 0.3 is 0 Å². The number of hydrogen-bond acceptors (Lipinski definition) is 5. The van der Waals surface area contributed by atoms with Crippen LogP contribution in [0.5, 0.6) is 0 Å². The molecule has 2 fully saturated rings. The first kappa shape index (κ1) is 21.4. The molecule has 2 aliphatic heterocycles. The number of hydrogen-bond donors (Lipinski definition) is 1. The summed E-state index contributed by atoms with van der Waals surface area (Å²) in [4.78, 5) is 9.28. The molecule has 0 aromatic carbocycles. The van der Waals surface area contributed by atoms with Gasteiger partial charge in [-0.25, -0.2) is 8.42 Å². The highest BCUT2D eigenvalue weighted by Crippen LogP contribution is 2.23. The van der Waals surface area contributed by atoms with Gasteiger partial charge in [-0.05, 0) is 41.0 Å². The second-order valence-corrected chi connectivity index (χ2v) is 10.8. The summed E-state index contributed by atoms with van der Waals surface area (Å²) < 4.78 is 29.5. The lowest BCUT2D eigenvalue weighted by Gasteiger charge is -2.39. The summed E-state index contributed by atoms with van der Waals surface area (Å²) in [5.74, 6) is 1.02. The van der Waals surface area contributed by atoms with Crippen LogP contribution in [0.2, 0.25) is 0 Å². The highest BCUT2D eigenvalue weighted by molar-refractivity contribution is 7.92. The van der Waals surface area contributed by atoms with Crippen LogP contribution in [0.1, 0.15) is 41.0 Å². The van der Waals surface area contributed by atoms with Crippen molar-refractivity contribution in [3.8, 4) is 0 Å². The average molecular weight is 389 g/mol. The molecule has 7 nitrogen and oxygen atoms in total. The topological polar surface area (TPSA) is 74.2 Å². The summed E-state index contributed by atoms with van der Waals surface area (Å²) in [6.07, 6.45) is 1.57. The molecule has 0 amide bonds. The number of ether oxygens (including phenoxy) is 1. The molecule has 2 rings (SSSR count). The zero-order valence-electron chi connectivity index (χ0n) is 17.0. The van der Waals surface area contributed by atoms with E-state index in [0.29, 0.717) is 13.1 Å². The third kappa shape index (κ3) is 5.57. The number of nitrogens with zero attached hydrogens (tertiary/aromatic N) is 3. The first-order valence-electron chi connectivity index (χ1n) is 9.78. The van der Waals surface area contributed by atoms with Crippen LogP contribution >= 0.6 is 0 Å². The maximum absolute atomic E-state index is 12.2. The fraction of sp³-hybridized carbons (Fsp3) is 0.944. The molecule has 0 aliphatic carbocycles. The van der Waals surface area contributed by atoms with E-state index in [1.54, 1.807) is 13.8 Å². The minimum Gasteiger partial charge on any atom is -0.373 e. The molecule has 0 aromatic rings. The minimum atomic E-state index is -3.04. The molecule has 2 saturated heterocycles. The maximum atomic E-state index is 12.2. The second kappa shape index (κ2) is 8.89. The van der Waals surface area contributed by atoms with Crippen LogP contribution in [-0.4, -0.2) is 92.7 Å². The van der Waals surface area contributed by atoms with Crippen molar-refractivity contribution in [1.82, 2.24) is 15.1 Å². The molecule has 2 aliphatic rings. The van der Waals surface area contributed by atoms with E-state index in [1.165, 1.54) is 0 Å². The third-order valence-electron chi connectivity index (χ3n) is 5.07. The van der Waals surface area contributed by atoms with Gasteiger partial charge in [0.15, 0.2) is 15.8 Å². The van der Waals surface area contributed by atoms with Crippen LogP contribution in [-0.2, 0) is 14.6 Å². The van der Waals surface area contributed by atoms with Gasteiger partial charge in [-0.1, -0.05) is 0 Å². The molecule has 26 heavy (non-hydrogen) atoms. The van der Waals surface area contributed by atoms with Crippen molar-refractivity contribution < 1.29 is 13.2 Å². The summed E-state index contributed by atoms with van der Waals surface area (Å²) in [6, 6.07) is 0. The van der Waals surface area contributed by atoms with Crippen LogP contribution < -0.4 is 5.32 Å². The van der Waals surface area contributed by atoms with Gasteiger partial charge in [0.1, 0.15) is 0 Å². The van der Waals surface area contributed by atoms with Crippen LogP contribution in [0.4, 0.5) is 0 Å². The van der Waals surface area contributed by atoms with E-state index in [1.807, 2.05) is 6.92 Å². The molecular formula is C18H36N4O3S. The van der Waals surface area contributed by atoms with Crippen molar-refractivity contribution in [3.05, 3.63) is 0 Å². The first-order valence-corrected chi connectivity index (χ1v) is 11.4. The summed E-state index contributed by atoms with van der Waals surface area (Å²) in [5.41, 5.74) is 0. The summed E-state index contributed by atoms with van der Waals surface area (Å²) in [6.45, 7) is 15.4. The standard InChI is InChI=1S/C18H36N4O3S/c1-6-19-17(22-10-11-26(23,24)18(4,5)14-22)20-8-7-9-21-12-15(2)25-16(3)13-21/h15-16H,6-14H2,1-5H3,(H,19,20). The molecule has 8 heteroatoms. The number of guanidine groups is 1. The first-order chi connectivity index (χ1) is 12.1. The van der Waals surface area contributed by atoms with Crippen molar-refractivity contribution in [3.63, 3.8) is 0 Å². The summed E-state index contributed by atoms with van der Waals surface area (Å²) in [5, 5.41) is 3.32. The lowest BCUT2D eigenvalue weighted by atomic mass is 10.2. The Labute approximate surface area is 159 Å². The highest BCUT2D eigenvalue weighted by atomic mass is 32.2. The number of nitrogens with one attached hydrogen (secondary N) is 1.